The van der Waals surface area contributed by atoms with Crippen LogP contribution in [0.3, 0.4) is 0 Å². The van der Waals surface area contributed by atoms with Gasteiger partial charge < -0.3 is 14.2 Å². The summed E-state index contributed by atoms with van der Waals surface area (Å²) in [6.07, 6.45) is 0.777. The van der Waals surface area contributed by atoms with E-state index in [4.69, 9.17) is 14.2 Å². The zero-order valence-corrected chi connectivity index (χ0v) is 17.3. The smallest absolute Gasteiger partial charge is 0.161 e. The number of methoxy groups -OCH3 is 1. The van der Waals surface area contributed by atoms with Gasteiger partial charge >= 0.3 is 0 Å². The summed E-state index contributed by atoms with van der Waals surface area (Å²) in [7, 11) is 1.62. The van der Waals surface area contributed by atoms with Crippen molar-refractivity contribution >= 4 is 33.6 Å². The topological polar surface area (TPSA) is 57.7 Å². The highest BCUT2D eigenvalue weighted by atomic mass is 79.9. The second kappa shape index (κ2) is 9.01. The standard InChI is InChI=1S/C20H18BrNO4S/c1-3-25-18-6-4-13(9-19(18)24-2)20-22-16(12-27-20)11-26-17-7-5-15(21)8-14(17)10-23/h4-10,12H,3,11H2,1-2H3. The van der Waals surface area contributed by atoms with Crippen molar-refractivity contribution in [3.8, 4) is 27.8 Å². The fourth-order valence-electron chi connectivity index (χ4n) is 2.48. The third-order valence-corrected chi connectivity index (χ3v) is 5.17. The molecule has 0 saturated heterocycles. The van der Waals surface area contributed by atoms with Crippen LogP contribution < -0.4 is 14.2 Å². The van der Waals surface area contributed by atoms with Crippen LogP contribution in [0.5, 0.6) is 17.2 Å². The highest BCUT2D eigenvalue weighted by Crippen LogP contribution is 2.34. The summed E-state index contributed by atoms with van der Waals surface area (Å²) in [6.45, 7) is 2.79. The number of hydrogen-bond acceptors (Lipinski definition) is 6. The van der Waals surface area contributed by atoms with Gasteiger partial charge in [-0.2, -0.15) is 0 Å². The van der Waals surface area contributed by atoms with Crippen molar-refractivity contribution in [1.82, 2.24) is 4.98 Å². The van der Waals surface area contributed by atoms with Gasteiger partial charge in [0.2, 0.25) is 0 Å². The summed E-state index contributed by atoms with van der Waals surface area (Å²) in [6, 6.07) is 11.1. The Morgan fingerprint density at radius 1 is 1.11 bits per heavy atom. The van der Waals surface area contributed by atoms with Crippen LogP contribution in [0, 0.1) is 0 Å². The van der Waals surface area contributed by atoms with Gasteiger partial charge in [0.05, 0.1) is 25.0 Å². The van der Waals surface area contributed by atoms with E-state index in [0.717, 1.165) is 27.0 Å². The summed E-state index contributed by atoms with van der Waals surface area (Å²) in [4.78, 5) is 15.8. The number of ether oxygens (including phenoxy) is 3. The van der Waals surface area contributed by atoms with Crippen molar-refractivity contribution < 1.29 is 19.0 Å². The summed E-state index contributed by atoms with van der Waals surface area (Å²) >= 11 is 4.87. The first kappa shape index (κ1) is 19.4. The zero-order valence-electron chi connectivity index (χ0n) is 14.9. The van der Waals surface area contributed by atoms with E-state index in [1.807, 2.05) is 36.6 Å². The Balaban J connectivity index is 1.74. The Hall–Kier alpha value is -2.38. The minimum atomic E-state index is 0.285. The van der Waals surface area contributed by atoms with Crippen molar-refractivity contribution in [1.29, 1.82) is 0 Å². The number of aldehydes is 1. The molecule has 0 bridgehead atoms. The normalized spacial score (nSPS) is 10.5. The Kier molecular flexibility index (Phi) is 6.47. The van der Waals surface area contributed by atoms with Gasteiger partial charge in [0.25, 0.3) is 0 Å². The lowest BCUT2D eigenvalue weighted by Crippen LogP contribution is -1.99. The molecule has 5 nitrogen and oxygen atoms in total. The molecule has 0 fully saturated rings. The lowest BCUT2D eigenvalue weighted by atomic mass is 10.2. The predicted octanol–water partition coefficient (Wildman–Crippen LogP) is 5.37. The molecule has 0 saturated carbocycles. The number of carbonyl (C=O) groups excluding carboxylic acids is 1. The molecule has 0 spiro atoms. The van der Waals surface area contributed by atoms with Crippen LogP contribution in [0.15, 0.2) is 46.3 Å². The fourth-order valence-corrected chi connectivity index (χ4v) is 3.66. The van der Waals surface area contributed by atoms with Crippen molar-refractivity contribution in [3.63, 3.8) is 0 Å². The Morgan fingerprint density at radius 3 is 2.67 bits per heavy atom. The minimum absolute atomic E-state index is 0.285. The van der Waals surface area contributed by atoms with E-state index < -0.39 is 0 Å². The summed E-state index contributed by atoms with van der Waals surface area (Å²) in [5.74, 6) is 1.92. The molecule has 0 aliphatic heterocycles. The predicted molar refractivity (Wildman–Crippen MR) is 109 cm³/mol. The van der Waals surface area contributed by atoms with Crippen LogP contribution >= 0.6 is 27.3 Å². The molecule has 1 heterocycles. The molecule has 0 atom stereocenters. The summed E-state index contributed by atoms with van der Waals surface area (Å²) < 4.78 is 17.5. The Morgan fingerprint density at radius 2 is 1.93 bits per heavy atom. The Bertz CT molecular complexity index is 941. The van der Waals surface area contributed by atoms with Crippen LogP contribution in [-0.4, -0.2) is 25.0 Å². The molecule has 1 aromatic heterocycles. The third-order valence-electron chi connectivity index (χ3n) is 3.74. The monoisotopic (exact) mass is 447 g/mol. The molecule has 0 radical (unpaired) electrons. The number of rotatable bonds is 8. The van der Waals surface area contributed by atoms with Crippen molar-refractivity contribution in [2.45, 2.75) is 13.5 Å². The van der Waals surface area contributed by atoms with E-state index in [2.05, 4.69) is 20.9 Å². The molecule has 0 amide bonds. The number of nitrogens with zero attached hydrogens (tertiary/aromatic N) is 1. The van der Waals surface area contributed by atoms with Gasteiger partial charge in [0.1, 0.15) is 17.4 Å². The van der Waals surface area contributed by atoms with Crippen LogP contribution in [0.1, 0.15) is 23.0 Å². The minimum Gasteiger partial charge on any atom is -0.493 e. The number of aromatic nitrogens is 1. The molecule has 7 heteroatoms. The van der Waals surface area contributed by atoms with E-state index in [9.17, 15) is 4.79 Å². The first-order valence-corrected chi connectivity index (χ1v) is 9.95. The van der Waals surface area contributed by atoms with E-state index in [0.29, 0.717) is 29.4 Å². The molecule has 0 aliphatic carbocycles. The number of hydrogen-bond donors (Lipinski definition) is 0. The molecule has 2 aromatic carbocycles. The molecule has 27 heavy (non-hydrogen) atoms. The lowest BCUT2D eigenvalue weighted by Gasteiger charge is -2.10. The molecule has 3 aromatic rings. The number of thiazole rings is 1. The lowest BCUT2D eigenvalue weighted by molar-refractivity contribution is 0.111. The van der Waals surface area contributed by atoms with Crippen molar-refractivity contribution in [2.24, 2.45) is 0 Å². The fraction of sp³-hybridized carbons (Fsp3) is 0.200. The maximum atomic E-state index is 11.2. The van der Waals surface area contributed by atoms with Gasteiger partial charge in [-0.05, 0) is 43.3 Å². The van der Waals surface area contributed by atoms with Crippen molar-refractivity contribution in [3.05, 3.63) is 57.5 Å². The van der Waals surface area contributed by atoms with E-state index in [-0.39, 0.29) is 6.61 Å². The van der Waals surface area contributed by atoms with Crippen LogP contribution in [0.2, 0.25) is 0 Å². The second-order valence-corrected chi connectivity index (χ2v) is 7.31. The highest BCUT2D eigenvalue weighted by molar-refractivity contribution is 9.10. The summed E-state index contributed by atoms with van der Waals surface area (Å²) in [5.41, 5.74) is 2.24. The molecule has 0 unspecified atom stereocenters. The van der Waals surface area contributed by atoms with E-state index >= 15 is 0 Å². The molecule has 0 N–H and O–H groups in total. The quantitative estimate of drug-likeness (QED) is 0.434. The molecule has 140 valence electrons. The molecular formula is C20H18BrNO4S. The number of halogens is 1. The average molecular weight is 448 g/mol. The van der Waals surface area contributed by atoms with Gasteiger partial charge in [-0.3, -0.25) is 4.79 Å². The van der Waals surface area contributed by atoms with E-state index in [1.54, 1.807) is 19.2 Å². The zero-order chi connectivity index (χ0) is 19.2. The maximum Gasteiger partial charge on any atom is 0.161 e. The molecular weight excluding hydrogens is 430 g/mol. The second-order valence-electron chi connectivity index (χ2n) is 5.53. The molecule has 0 aliphatic rings. The van der Waals surface area contributed by atoms with Gasteiger partial charge in [-0.15, -0.1) is 11.3 Å². The largest absolute Gasteiger partial charge is 0.493 e. The van der Waals surface area contributed by atoms with Crippen LogP contribution in [-0.2, 0) is 6.61 Å². The van der Waals surface area contributed by atoms with E-state index in [1.165, 1.54) is 11.3 Å². The summed E-state index contributed by atoms with van der Waals surface area (Å²) in [5, 5.41) is 2.80. The Labute approximate surface area is 170 Å². The van der Waals surface area contributed by atoms with Gasteiger partial charge in [0.15, 0.2) is 17.8 Å². The maximum absolute atomic E-state index is 11.2. The first-order valence-electron chi connectivity index (χ1n) is 8.27. The first-order chi connectivity index (χ1) is 13.1. The highest BCUT2D eigenvalue weighted by Gasteiger charge is 2.11. The van der Waals surface area contributed by atoms with Gasteiger partial charge in [-0.25, -0.2) is 4.98 Å². The average Bonchev–Trinajstić information content (AvgIpc) is 3.16. The molecule has 3 rings (SSSR count). The van der Waals surface area contributed by atoms with Gasteiger partial charge in [-0.1, -0.05) is 15.9 Å². The van der Waals surface area contributed by atoms with Crippen LogP contribution in [0.25, 0.3) is 10.6 Å². The SMILES string of the molecule is CCOc1ccc(-c2nc(COc3ccc(Br)cc3C=O)cs2)cc1OC. The van der Waals surface area contributed by atoms with Crippen molar-refractivity contribution in [2.75, 3.05) is 13.7 Å². The van der Waals surface area contributed by atoms with Gasteiger partial charge in [0, 0.05) is 15.4 Å². The number of carbonyl (C=O) groups is 1. The number of benzene rings is 2. The van der Waals surface area contributed by atoms with Crippen LogP contribution in [0.4, 0.5) is 0 Å². The third kappa shape index (κ3) is 4.67.